The van der Waals surface area contributed by atoms with Crippen molar-refractivity contribution in [3.05, 3.63) is 63.4 Å². The predicted molar refractivity (Wildman–Crippen MR) is 85.3 cm³/mol. The Morgan fingerprint density at radius 2 is 1.95 bits per heavy atom. The number of H-pyrrole nitrogens is 1. The van der Waals surface area contributed by atoms with Crippen LogP contribution in [0.5, 0.6) is 0 Å². The average molecular weight is 341 g/mol. The number of hydrogen-bond acceptors (Lipinski definition) is 3. The third-order valence-corrected chi connectivity index (χ3v) is 3.83. The van der Waals surface area contributed by atoms with E-state index in [-0.39, 0.29) is 0 Å². The van der Waals surface area contributed by atoms with Crippen LogP contribution in [0.2, 0.25) is 0 Å². The number of halogens is 1. The smallest absolute Gasteiger partial charge is 0.347 e. The van der Waals surface area contributed by atoms with Crippen LogP contribution >= 0.6 is 15.9 Å². The van der Waals surface area contributed by atoms with Crippen LogP contribution < -0.4 is 5.63 Å². The lowest BCUT2D eigenvalue weighted by Crippen LogP contribution is -2.03. The highest BCUT2D eigenvalue weighted by Crippen LogP contribution is 2.23. The van der Waals surface area contributed by atoms with Crippen LogP contribution in [0.15, 0.2) is 62.2 Å². The van der Waals surface area contributed by atoms with E-state index in [0.717, 1.165) is 20.9 Å². The zero-order valence-electron chi connectivity index (χ0n) is 10.8. The monoisotopic (exact) mass is 340 g/mol. The summed E-state index contributed by atoms with van der Waals surface area (Å²) in [5.41, 5.74) is 2.28. The number of nitrogens with zero attached hydrogens (tertiary/aromatic N) is 1. The number of hydrogen-bond donors (Lipinski definition) is 1. The fourth-order valence-electron chi connectivity index (χ4n) is 2.34. The Bertz CT molecular complexity index is 1030. The number of aromatic nitrogens is 2. The maximum Gasteiger partial charge on any atom is 0.347 e. The minimum absolute atomic E-state index is 0.396. The van der Waals surface area contributed by atoms with Gasteiger partial charge in [0.15, 0.2) is 0 Å². The molecule has 0 bridgehead atoms. The van der Waals surface area contributed by atoms with Crippen molar-refractivity contribution in [1.29, 1.82) is 0 Å². The number of aromatic amines is 1. The molecule has 0 saturated carbocycles. The number of imidazole rings is 1. The second-order valence-electron chi connectivity index (χ2n) is 4.73. The van der Waals surface area contributed by atoms with Crippen molar-refractivity contribution < 1.29 is 4.42 Å². The van der Waals surface area contributed by atoms with Gasteiger partial charge < -0.3 is 9.40 Å². The number of para-hydroxylation sites is 1. The highest BCUT2D eigenvalue weighted by atomic mass is 79.9. The van der Waals surface area contributed by atoms with Gasteiger partial charge in [-0.3, -0.25) is 0 Å². The Labute approximate surface area is 127 Å². The van der Waals surface area contributed by atoms with Gasteiger partial charge >= 0.3 is 5.63 Å². The molecule has 0 fully saturated rings. The maximum absolute atomic E-state index is 12.1. The molecule has 2 aromatic carbocycles. The molecule has 5 heteroatoms. The zero-order chi connectivity index (χ0) is 14.4. The van der Waals surface area contributed by atoms with Crippen LogP contribution in [-0.2, 0) is 0 Å². The van der Waals surface area contributed by atoms with E-state index in [1.807, 2.05) is 36.4 Å². The molecule has 0 aliphatic heterocycles. The van der Waals surface area contributed by atoms with Crippen LogP contribution in [-0.4, -0.2) is 9.97 Å². The lowest BCUT2D eigenvalue weighted by Gasteiger charge is -1.98. The van der Waals surface area contributed by atoms with Crippen LogP contribution in [0.1, 0.15) is 0 Å². The molecule has 4 rings (SSSR count). The van der Waals surface area contributed by atoms with Crippen LogP contribution in [0.25, 0.3) is 33.4 Å². The normalized spacial score (nSPS) is 11.3. The summed E-state index contributed by atoms with van der Waals surface area (Å²) in [5.74, 6) is 0.516. The molecule has 102 valence electrons. The van der Waals surface area contributed by atoms with Crippen molar-refractivity contribution in [2.45, 2.75) is 0 Å². The summed E-state index contributed by atoms with van der Waals surface area (Å²) in [5, 5.41) is 0.869. The quantitative estimate of drug-likeness (QED) is 0.530. The van der Waals surface area contributed by atoms with Gasteiger partial charge in [0, 0.05) is 9.86 Å². The molecule has 4 aromatic rings. The van der Waals surface area contributed by atoms with E-state index in [9.17, 15) is 4.79 Å². The molecule has 2 heterocycles. The molecule has 0 amide bonds. The van der Waals surface area contributed by atoms with Crippen molar-refractivity contribution >= 4 is 37.9 Å². The molecule has 0 aliphatic rings. The standard InChI is InChI=1S/C16H9BrN2O2/c17-10-5-6-12-13(8-10)19-15(18-12)11-7-9-3-1-2-4-14(9)21-16(11)20/h1-8H,(H,18,19). The molecular weight excluding hydrogens is 332 g/mol. The number of nitrogens with one attached hydrogen (secondary N) is 1. The molecule has 0 spiro atoms. The molecule has 0 unspecified atom stereocenters. The van der Waals surface area contributed by atoms with E-state index in [1.54, 1.807) is 12.1 Å². The van der Waals surface area contributed by atoms with Gasteiger partial charge in [0.25, 0.3) is 0 Å². The highest BCUT2D eigenvalue weighted by molar-refractivity contribution is 9.10. The molecule has 0 aliphatic carbocycles. The minimum Gasteiger partial charge on any atom is -0.422 e. The van der Waals surface area contributed by atoms with Gasteiger partial charge in [-0.05, 0) is 30.3 Å². The molecule has 2 aromatic heterocycles. The Balaban J connectivity index is 1.99. The first-order chi connectivity index (χ1) is 10.2. The van der Waals surface area contributed by atoms with Crippen LogP contribution in [0.3, 0.4) is 0 Å². The Hall–Kier alpha value is -2.40. The molecule has 0 atom stereocenters. The second kappa shape index (κ2) is 4.56. The largest absolute Gasteiger partial charge is 0.422 e. The first-order valence-electron chi connectivity index (χ1n) is 6.39. The van der Waals surface area contributed by atoms with Gasteiger partial charge in [0.2, 0.25) is 0 Å². The van der Waals surface area contributed by atoms with Crippen LogP contribution in [0, 0.1) is 0 Å². The Kier molecular flexibility index (Phi) is 2.68. The molecule has 1 N–H and O–H groups in total. The maximum atomic E-state index is 12.1. The third kappa shape index (κ3) is 2.06. The lowest BCUT2D eigenvalue weighted by atomic mass is 10.2. The summed E-state index contributed by atoms with van der Waals surface area (Å²) < 4.78 is 6.30. The number of fused-ring (bicyclic) bond motifs is 2. The van der Waals surface area contributed by atoms with E-state index >= 15 is 0 Å². The fraction of sp³-hybridized carbons (Fsp3) is 0. The van der Waals surface area contributed by atoms with E-state index < -0.39 is 5.63 Å². The van der Waals surface area contributed by atoms with Gasteiger partial charge in [0.1, 0.15) is 17.0 Å². The van der Waals surface area contributed by atoms with Crippen molar-refractivity contribution in [2.75, 3.05) is 0 Å². The van der Waals surface area contributed by atoms with Gasteiger partial charge in [-0.25, -0.2) is 9.78 Å². The summed E-state index contributed by atoms with van der Waals surface area (Å²) in [7, 11) is 0. The third-order valence-electron chi connectivity index (χ3n) is 3.34. The van der Waals surface area contributed by atoms with Gasteiger partial charge in [-0.1, -0.05) is 34.1 Å². The van der Waals surface area contributed by atoms with Gasteiger partial charge in [-0.2, -0.15) is 0 Å². The van der Waals surface area contributed by atoms with E-state index in [4.69, 9.17) is 4.42 Å². The topological polar surface area (TPSA) is 58.9 Å². The van der Waals surface area contributed by atoms with E-state index in [2.05, 4.69) is 25.9 Å². The van der Waals surface area contributed by atoms with Crippen molar-refractivity contribution in [2.24, 2.45) is 0 Å². The lowest BCUT2D eigenvalue weighted by molar-refractivity contribution is 0.563. The van der Waals surface area contributed by atoms with Crippen molar-refractivity contribution in [1.82, 2.24) is 9.97 Å². The van der Waals surface area contributed by atoms with E-state index in [0.29, 0.717) is 17.0 Å². The molecule has 0 saturated heterocycles. The van der Waals surface area contributed by atoms with Crippen molar-refractivity contribution in [3.8, 4) is 11.4 Å². The average Bonchev–Trinajstić information content (AvgIpc) is 2.89. The van der Waals surface area contributed by atoms with E-state index in [1.165, 1.54) is 0 Å². The molecule has 0 radical (unpaired) electrons. The molecule has 21 heavy (non-hydrogen) atoms. The zero-order valence-corrected chi connectivity index (χ0v) is 12.3. The summed E-state index contributed by atoms with van der Waals surface area (Å²) in [6.45, 7) is 0. The summed E-state index contributed by atoms with van der Waals surface area (Å²) in [4.78, 5) is 19.8. The Morgan fingerprint density at radius 3 is 2.86 bits per heavy atom. The number of rotatable bonds is 1. The predicted octanol–water partition coefficient (Wildman–Crippen LogP) is 4.10. The summed E-state index contributed by atoms with van der Waals surface area (Å²) in [6.07, 6.45) is 0. The van der Waals surface area contributed by atoms with Gasteiger partial charge in [-0.15, -0.1) is 0 Å². The van der Waals surface area contributed by atoms with Crippen LogP contribution in [0.4, 0.5) is 0 Å². The van der Waals surface area contributed by atoms with Crippen molar-refractivity contribution in [3.63, 3.8) is 0 Å². The number of benzene rings is 2. The first kappa shape index (κ1) is 12.3. The SMILES string of the molecule is O=c1oc2ccccc2cc1-c1nc2ccc(Br)cc2[nH]1. The summed E-state index contributed by atoms with van der Waals surface area (Å²) >= 11 is 3.42. The van der Waals surface area contributed by atoms with Gasteiger partial charge in [0.05, 0.1) is 11.0 Å². The second-order valence-corrected chi connectivity index (χ2v) is 5.65. The Morgan fingerprint density at radius 1 is 1.10 bits per heavy atom. The highest BCUT2D eigenvalue weighted by Gasteiger charge is 2.12. The fourth-order valence-corrected chi connectivity index (χ4v) is 2.70. The first-order valence-corrected chi connectivity index (χ1v) is 7.18. The molecule has 4 nitrogen and oxygen atoms in total. The summed E-state index contributed by atoms with van der Waals surface area (Å²) in [6, 6.07) is 14.9. The minimum atomic E-state index is -0.396. The molecular formula is C16H9BrN2O2.